The zero-order valence-electron chi connectivity index (χ0n) is 8.58. The van der Waals surface area contributed by atoms with E-state index in [-0.39, 0.29) is 0 Å². The summed E-state index contributed by atoms with van der Waals surface area (Å²) >= 11 is 2.31. The van der Waals surface area contributed by atoms with Crippen LogP contribution in [0.2, 0.25) is 0 Å². The average molecular weight is 315 g/mol. The van der Waals surface area contributed by atoms with Crippen molar-refractivity contribution in [3.8, 4) is 0 Å². The normalized spacial score (nSPS) is 18.1. The van der Waals surface area contributed by atoms with Gasteiger partial charge in [0, 0.05) is 36.0 Å². The molecule has 0 aliphatic carbocycles. The van der Waals surface area contributed by atoms with E-state index in [1.165, 1.54) is 9.13 Å². The van der Waals surface area contributed by atoms with E-state index in [2.05, 4.69) is 51.8 Å². The van der Waals surface area contributed by atoms with Gasteiger partial charge in [0.2, 0.25) is 0 Å². The second-order valence-corrected chi connectivity index (χ2v) is 5.19. The maximum absolute atomic E-state index is 11.1. The highest BCUT2D eigenvalue weighted by Crippen LogP contribution is 2.12. The number of halogens is 1. The average Bonchev–Trinajstić information content (AvgIpc) is 2.25. The zero-order chi connectivity index (χ0) is 10.7. The summed E-state index contributed by atoms with van der Waals surface area (Å²) in [4.78, 5) is 13.4. The topological polar surface area (TPSA) is 20.3 Å². The van der Waals surface area contributed by atoms with Crippen LogP contribution in [0.3, 0.4) is 0 Å². The molecule has 1 aliphatic heterocycles. The molecule has 2 nitrogen and oxygen atoms in total. The van der Waals surface area contributed by atoms with Crippen LogP contribution in [-0.4, -0.2) is 23.8 Å². The van der Waals surface area contributed by atoms with E-state index in [9.17, 15) is 4.79 Å². The SMILES string of the molecule is O=C1CCN(Cc2ccc(I)cc2)CC1. The highest BCUT2D eigenvalue weighted by atomic mass is 127. The Hall–Kier alpha value is -0.420. The third-order valence-corrected chi connectivity index (χ3v) is 3.45. The lowest BCUT2D eigenvalue weighted by atomic mass is 10.1. The second-order valence-electron chi connectivity index (χ2n) is 3.94. The van der Waals surface area contributed by atoms with Crippen LogP contribution in [0.5, 0.6) is 0 Å². The third-order valence-electron chi connectivity index (χ3n) is 2.73. The van der Waals surface area contributed by atoms with E-state index in [0.717, 1.165) is 32.5 Å². The number of Topliss-reactive ketones (excluding diaryl/α,β-unsaturated/α-hetero) is 1. The Morgan fingerprint density at radius 1 is 1.13 bits per heavy atom. The molecule has 3 heteroatoms. The van der Waals surface area contributed by atoms with Gasteiger partial charge in [-0.1, -0.05) is 12.1 Å². The Labute approximate surface area is 104 Å². The lowest BCUT2D eigenvalue weighted by Gasteiger charge is -2.25. The molecular weight excluding hydrogens is 301 g/mol. The molecule has 0 bridgehead atoms. The predicted molar refractivity (Wildman–Crippen MR) is 68.7 cm³/mol. The molecular formula is C12H14INO. The first-order chi connectivity index (χ1) is 7.24. The molecule has 80 valence electrons. The molecule has 0 amide bonds. The molecule has 1 heterocycles. The summed E-state index contributed by atoms with van der Waals surface area (Å²) in [5.41, 5.74) is 1.34. The molecule has 1 aliphatic rings. The van der Waals surface area contributed by atoms with Crippen LogP contribution in [0.4, 0.5) is 0 Å². The molecule has 1 saturated heterocycles. The number of ketones is 1. The highest BCUT2D eigenvalue weighted by molar-refractivity contribution is 14.1. The van der Waals surface area contributed by atoms with E-state index in [1.807, 2.05) is 0 Å². The minimum atomic E-state index is 0.411. The van der Waals surface area contributed by atoms with Crippen LogP contribution in [0, 0.1) is 3.57 Å². The number of piperidine rings is 1. The van der Waals surface area contributed by atoms with E-state index >= 15 is 0 Å². The molecule has 0 unspecified atom stereocenters. The number of hydrogen-bond acceptors (Lipinski definition) is 2. The van der Waals surface area contributed by atoms with Crippen molar-refractivity contribution in [2.45, 2.75) is 19.4 Å². The summed E-state index contributed by atoms with van der Waals surface area (Å²) in [6, 6.07) is 8.59. The Morgan fingerprint density at radius 2 is 1.73 bits per heavy atom. The minimum absolute atomic E-state index is 0.411. The molecule has 15 heavy (non-hydrogen) atoms. The molecule has 0 spiro atoms. The fourth-order valence-corrected chi connectivity index (χ4v) is 2.17. The van der Waals surface area contributed by atoms with E-state index in [1.54, 1.807) is 0 Å². The fraction of sp³-hybridized carbons (Fsp3) is 0.417. The number of rotatable bonds is 2. The third kappa shape index (κ3) is 3.28. The van der Waals surface area contributed by atoms with E-state index < -0.39 is 0 Å². The number of benzene rings is 1. The van der Waals surface area contributed by atoms with Gasteiger partial charge in [0.1, 0.15) is 5.78 Å². The molecule has 0 N–H and O–H groups in total. The van der Waals surface area contributed by atoms with Gasteiger partial charge in [0.15, 0.2) is 0 Å². The van der Waals surface area contributed by atoms with Crippen molar-refractivity contribution < 1.29 is 4.79 Å². The maximum Gasteiger partial charge on any atom is 0.135 e. The van der Waals surface area contributed by atoms with Gasteiger partial charge in [-0.2, -0.15) is 0 Å². The van der Waals surface area contributed by atoms with Crippen molar-refractivity contribution in [2.24, 2.45) is 0 Å². The van der Waals surface area contributed by atoms with Crippen LogP contribution >= 0.6 is 22.6 Å². The van der Waals surface area contributed by atoms with Gasteiger partial charge in [-0.15, -0.1) is 0 Å². The Kier molecular flexibility index (Phi) is 3.75. The van der Waals surface area contributed by atoms with Gasteiger partial charge in [0.05, 0.1) is 0 Å². The molecule has 0 radical (unpaired) electrons. The van der Waals surface area contributed by atoms with Crippen molar-refractivity contribution in [3.05, 3.63) is 33.4 Å². The second kappa shape index (κ2) is 5.07. The first-order valence-corrected chi connectivity index (χ1v) is 6.30. The summed E-state index contributed by atoms with van der Waals surface area (Å²) in [5, 5.41) is 0. The fourth-order valence-electron chi connectivity index (χ4n) is 1.81. The van der Waals surface area contributed by atoms with Gasteiger partial charge >= 0.3 is 0 Å². The lowest BCUT2D eigenvalue weighted by molar-refractivity contribution is -0.121. The maximum atomic E-state index is 11.1. The smallest absolute Gasteiger partial charge is 0.135 e. The minimum Gasteiger partial charge on any atom is -0.300 e. The van der Waals surface area contributed by atoms with Crippen molar-refractivity contribution in [2.75, 3.05) is 13.1 Å². The number of carbonyl (C=O) groups is 1. The largest absolute Gasteiger partial charge is 0.300 e. The Bertz CT molecular complexity index is 337. The zero-order valence-corrected chi connectivity index (χ0v) is 10.7. The standard InChI is InChI=1S/C12H14INO/c13-11-3-1-10(2-4-11)9-14-7-5-12(15)6-8-14/h1-4H,5-9H2. The summed E-state index contributed by atoms with van der Waals surface area (Å²) in [6.07, 6.45) is 1.45. The van der Waals surface area contributed by atoms with Crippen LogP contribution in [-0.2, 0) is 11.3 Å². The monoisotopic (exact) mass is 315 g/mol. The van der Waals surface area contributed by atoms with Gasteiger partial charge in [-0.25, -0.2) is 0 Å². The summed E-state index contributed by atoms with van der Waals surface area (Å²) in [5.74, 6) is 0.411. The van der Waals surface area contributed by atoms with E-state index in [0.29, 0.717) is 5.78 Å². The molecule has 1 aromatic rings. The summed E-state index contributed by atoms with van der Waals surface area (Å²) in [7, 11) is 0. The molecule has 2 rings (SSSR count). The quantitative estimate of drug-likeness (QED) is 0.782. The van der Waals surface area contributed by atoms with Crippen LogP contribution in [0.1, 0.15) is 18.4 Å². The van der Waals surface area contributed by atoms with Crippen LogP contribution in [0.15, 0.2) is 24.3 Å². The molecule has 0 aromatic heterocycles. The molecule has 0 atom stereocenters. The van der Waals surface area contributed by atoms with Crippen molar-refractivity contribution in [1.29, 1.82) is 0 Å². The first-order valence-electron chi connectivity index (χ1n) is 5.22. The van der Waals surface area contributed by atoms with E-state index in [4.69, 9.17) is 0 Å². The summed E-state index contributed by atoms with van der Waals surface area (Å²) in [6.45, 7) is 2.82. The van der Waals surface area contributed by atoms with Gasteiger partial charge in [-0.05, 0) is 40.3 Å². The number of nitrogens with zero attached hydrogens (tertiary/aromatic N) is 1. The molecule has 0 saturated carbocycles. The van der Waals surface area contributed by atoms with Crippen molar-refractivity contribution in [3.63, 3.8) is 0 Å². The number of likely N-dealkylation sites (tertiary alicyclic amines) is 1. The van der Waals surface area contributed by atoms with Gasteiger partial charge in [-0.3, -0.25) is 9.69 Å². The van der Waals surface area contributed by atoms with Crippen molar-refractivity contribution in [1.82, 2.24) is 4.90 Å². The lowest BCUT2D eigenvalue weighted by Crippen LogP contribution is -2.33. The van der Waals surface area contributed by atoms with Crippen LogP contribution < -0.4 is 0 Å². The number of hydrogen-bond donors (Lipinski definition) is 0. The molecule has 1 aromatic carbocycles. The summed E-state index contributed by atoms with van der Waals surface area (Å²) < 4.78 is 1.27. The predicted octanol–water partition coefficient (Wildman–Crippen LogP) is 2.46. The van der Waals surface area contributed by atoms with Crippen molar-refractivity contribution >= 4 is 28.4 Å². The first kappa shape index (κ1) is 11.1. The van der Waals surface area contributed by atoms with Crippen LogP contribution in [0.25, 0.3) is 0 Å². The van der Waals surface area contributed by atoms with Gasteiger partial charge in [0.25, 0.3) is 0 Å². The Balaban J connectivity index is 1.91. The highest BCUT2D eigenvalue weighted by Gasteiger charge is 2.15. The Morgan fingerprint density at radius 3 is 2.33 bits per heavy atom. The van der Waals surface area contributed by atoms with Gasteiger partial charge < -0.3 is 0 Å². The number of carbonyl (C=O) groups excluding carboxylic acids is 1. The molecule has 1 fully saturated rings.